The number of methoxy groups -OCH3 is 2. The van der Waals surface area contributed by atoms with Crippen molar-refractivity contribution in [2.45, 2.75) is 11.3 Å². The average Bonchev–Trinajstić information content (AvgIpc) is 2.69. The zero-order chi connectivity index (χ0) is 7.24. The van der Waals surface area contributed by atoms with Crippen LogP contribution in [0.1, 0.15) is 0 Å². The van der Waals surface area contributed by atoms with Crippen LogP contribution in [-0.2, 0) is 9.47 Å². The van der Waals surface area contributed by atoms with Gasteiger partial charge in [0.05, 0.1) is 6.54 Å². The first kappa shape index (κ1) is 6.34. The Morgan fingerprint density at radius 3 is 2.00 bits per heavy atom. The Labute approximate surface area is 60.0 Å². The molecule has 1 aliphatic heterocycles. The zero-order valence-electron chi connectivity index (χ0n) is 6.18. The molecule has 0 radical (unpaired) electrons. The maximum Gasteiger partial charge on any atom is 0.206 e. The highest BCUT2D eigenvalue weighted by atomic mass is 16.7. The van der Waals surface area contributed by atoms with Crippen LogP contribution in [0.3, 0.4) is 0 Å². The molecular formula is C7H11NO2. The van der Waals surface area contributed by atoms with Gasteiger partial charge >= 0.3 is 0 Å². The molecule has 1 spiro atoms. The van der Waals surface area contributed by atoms with E-state index in [2.05, 4.69) is 17.5 Å². The summed E-state index contributed by atoms with van der Waals surface area (Å²) >= 11 is 0. The molecule has 3 nitrogen and oxygen atoms in total. The number of rotatable bonds is 2. The summed E-state index contributed by atoms with van der Waals surface area (Å²) in [7, 11) is 3.35. The lowest BCUT2D eigenvalue weighted by Crippen LogP contribution is -2.73. The monoisotopic (exact) mass is 141 g/mol. The van der Waals surface area contributed by atoms with Gasteiger partial charge in [-0.05, 0) is 0 Å². The van der Waals surface area contributed by atoms with Gasteiger partial charge in [-0.1, -0.05) is 12.2 Å². The summed E-state index contributed by atoms with van der Waals surface area (Å²) in [6, 6.07) is 0. The van der Waals surface area contributed by atoms with E-state index in [1.807, 2.05) is 0 Å². The van der Waals surface area contributed by atoms with Crippen molar-refractivity contribution in [1.82, 2.24) is 5.32 Å². The first-order valence-corrected chi connectivity index (χ1v) is 3.34. The van der Waals surface area contributed by atoms with Crippen LogP contribution in [0.5, 0.6) is 0 Å². The lowest BCUT2D eigenvalue weighted by Gasteiger charge is -2.48. The van der Waals surface area contributed by atoms with E-state index < -0.39 is 5.79 Å². The largest absolute Gasteiger partial charge is 0.350 e. The van der Waals surface area contributed by atoms with Gasteiger partial charge in [0, 0.05) is 14.2 Å². The fourth-order valence-corrected chi connectivity index (χ4v) is 1.46. The van der Waals surface area contributed by atoms with E-state index in [1.54, 1.807) is 14.2 Å². The van der Waals surface area contributed by atoms with Gasteiger partial charge in [0.2, 0.25) is 5.79 Å². The standard InChI is InChI=1S/C7H11NO2/c1-9-7(10-2)5-8-6(7)3-4-6/h3-4,8H,5H2,1-2H3. The average molecular weight is 141 g/mol. The van der Waals surface area contributed by atoms with E-state index in [4.69, 9.17) is 9.47 Å². The van der Waals surface area contributed by atoms with Crippen molar-refractivity contribution in [2.75, 3.05) is 20.8 Å². The molecule has 1 heterocycles. The topological polar surface area (TPSA) is 30.5 Å². The van der Waals surface area contributed by atoms with Crippen LogP contribution in [0.25, 0.3) is 0 Å². The number of hydrogen-bond donors (Lipinski definition) is 1. The van der Waals surface area contributed by atoms with Crippen LogP contribution in [0.15, 0.2) is 12.2 Å². The summed E-state index contributed by atoms with van der Waals surface area (Å²) in [5.74, 6) is -0.410. The van der Waals surface area contributed by atoms with E-state index in [-0.39, 0.29) is 5.54 Å². The molecule has 0 bridgehead atoms. The van der Waals surface area contributed by atoms with Gasteiger partial charge < -0.3 is 9.47 Å². The van der Waals surface area contributed by atoms with Crippen LogP contribution < -0.4 is 5.32 Å². The van der Waals surface area contributed by atoms with Crippen LogP contribution in [0, 0.1) is 0 Å². The molecule has 10 heavy (non-hydrogen) atoms. The van der Waals surface area contributed by atoms with Gasteiger partial charge in [-0.2, -0.15) is 0 Å². The molecule has 1 aliphatic carbocycles. The zero-order valence-corrected chi connectivity index (χ0v) is 6.18. The van der Waals surface area contributed by atoms with Crippen LogP contribution >= 0.6 is 0 Å². The van der Waals surface area contributed by atoms with Gasteiger partial charge in [0.25, 0.3) is 0 Å². The molecule has 0 amide bonds. The molecule has 0 aromatic carbocycles. The number of ether oxygens (including phenoxy) is 2. The molecule has 0 saturated carbocycles. The second kappa shape index (κ2) is 1.61. The molecular weight excluding hydrogens is 130 g/mol. The Morgan fingerprint density at radius 1 is 1.30 bits per heavy atom. The van der Waals surface area contributed by atoms with E-state index >= 15 is 0 Å². The summed E-state index contributed by atoms with van der Waals surface area (Å²) < 4.78 is 10.5. The summed E-state index contributed by atoms with van der Waals surface area (Å²) in [5.41, 5.74) is -0.0590. The van der Waals surface area contributed by atoms with Gasteiger partial charge in [-0.3, -0.25) is 5.32 Å². The normalized spacial score (nSPS) is 30.2. The summed E-state index contributed by atoms with van der Waals surface area (Å²) in [4.78, 5) is 0. The molecule has 1 saturated heterocycles. The van der Waals surface area contributed by atoms with Crippen molar-refractivity contribution >= 4 is 0 Å². The lowest BCUT2D eigenvalue weighted by atomic mass is 9.93. The molecule has 56 valence electrons. The smallest absolute Gasteiger partial charge is 0.206 e. The number of hydrogen-bond acceptors (Lipinski definition) is 3. The third kappa shape index (κ3) is 0.471. The molecule has 1 N–H and O–H groups in total. The Balaban J connectivity index is 2.13. The van der Waals surface area contributed by atoms with Gasteiger partial charge in [0.15, 0.2) is 0 Å². The Bertz CT molecular complexity index is 173. The van der Waals surface area contributed by atoms with Crippen molar-refractivity contribution in [3.8, 4) is 0 Å². The molecule has 2 aliphatic rings. The second-order valence-electron chi connectivity index (χ2n) is 2.72. The highest BCUT2D eigenvalue weighted by Crippen LogP contribution is 2.44. The summed E-state index contributed by atoms with van der Waals surface area (Å²) in [6.45, 7) is 0.771. The Morgan fingerprint density at radius 2 is 1.90 bits per heavy atom. The van der Waals surface area contributed by atoms with Crippen molar-refractivity contribution in [1.29, 1.82) is 0 Å². The molecule has 0 aromatic heterocycles. The lowest BCUT2D eigenvalue weighted by molar-refractivity contribution is -0.263. The second-order valence-corrected chi connectivity index (χ2v) is 2.72. The third-order valence-corrected chi connectivity index (χ3v) is 2.40. The van der Waals surface area contributed by atoms with E-state index in [0.29, 0.717) is 0 Å². The first-order chi connectivity index (χ1) is 4.79. The predicted molar refractivity (Wildman–Crippen MR) is 36.6 cm³/mol. The SMILES string of the molecule is COC1(OC)CNC12C=C2. The van der Waals surface area contributed by atoms with Gasteiger partial charge in [-0.25, -0.2) is 0 Å². The molecule has 2 rings (SSSR count). The molecule has 1 fully saturated rings. The maximum atomic E-state index is 5.25. The van der Waals surface area contributed by atoms with Crippen molar-refractivity contribution in [3.63, 3.8) is 0 Å². The number of nitrogens with one attached hydrogen (secondary N) is 1. The molecule has 0 unspecified atom stereocenters. The third-order valence-electron chi connectivity index (χ3n) is 2.40. The highest BCUT2D eigenvalue weighted by molar-refractivity contribution is 5.44. The van der Waals surface area contributed by atoms with Crippen molar-refractivity contribution in [3.05, 3.63) is 12.2 Å². The van der Waals surface area contributed by atoms with Crippen molar-refractivity contribution < 1.29 is 9.47 Å². The highest BCUT2D eigenvalue weighted by Gasteiger charge is 2.63. The fourth-order valence-electron chi connectivity index (χ4n) is 1.46. The summed E-state index contributed by atoms with van der Waals surface area (Å²) in [5, 5.41) is 3.23. The van der Waals surface area contributed by atoms with Crippen molar-refractivity contribution in [2.24, 2.45) is 0 Å². The fraction of sp³-hybridized carbons (Fsp3) is 0.714. The first-order valence-electron chi connectivity index (χ1n) is 3.34. The van der Waals surface area contributed by atoms with Gasteiger partial charge in [-0.15, -0.1) is 0 Å². The minimum atomic E-state index is -0.410. The van der Waals surface area contributed by atoms with Crippen LogP contribution in [0.4, 0.5) is 0 Å². The maximum absolute atomic E-state index is 5.25. The predicted octanol–water partition coefficient (Wildman–Crippen LogP) is -0.113. The quantitative estimate of drug-likeness (QED) is 0.430. The van der Waals surface area contributed by atoms with Crippen LogP contribution in [0.2, 0.25) is 0 Å². The Kier molecular flexibility index (Phi) is 1.02. The van der Waals surface area contributed by atoms with E-state index in [9.17, 15) is 0 Å². The molecule has 0 aromatic rings. The minimum Gasteiger partial charge on any atom is -0.350 e. The van der Waals surface area contributed by atoms with Gasteiger partial charge in [0.1, 0.15) is 5.54 Å². The van der Waals surface area contributed by atoms with E-state index in [0.717, 1.165) is 6.54 Å². The Hall–Kier alpha value is -0.380. The van der Waals surface area contributed by atoms with Crippen LogP contribution in [-0.4, -0.2) is 32.1 Å². The van der Waals surface area contributed by atoms with E-state index in [1.165, 1.54) is 0 Å². The molecule has 0 atom stereocenters. The molecule has 3 heteroatoms. The minimum absolute atomic E-state index is 0.0590. The summed E-state index contributed by atoms with van der Waals surface area (Å²) in [6.07, 6.45) is 4.12.